The summed E-state index contributed by atoms with van der Waals surface area (Å²) in [5.41, 5.74) is 4.19. The van der Waals surface area contributed by atoms with Crippen LogP contribution < -0.4 is 5.32 Å². The topological polar surface area (TPSA) is 58.6 Å². The van der Waals surface area contributed by atoms with Crippen LogP contribution in [0, 0.1) is 20.8 Å². The molecule has 5 heteroatoms. The van der Waals surface area contributed by atoms with Crippen LogP contribution in [-0.4, -0.2) is 36.6 Å². The first-order valence-corrected chi connectivity index (χ1v) is 7.16. The minimum absolute atomic E-state index is 0.0457. The van der Waals surface area contributed by atoms with Crippen molar-refractivity contribution in [3.63, 3.8) is 0 Å². The molecule has 1 unspecified atom stereocenters. The van der Waals surface area contributed by atoms with Crippen molar-refractivity contribution in [2.45, 2.75) is 39.7 Å². The molecular weight excluding hydrogens is 268 g/mol. The lowest BCUT2D eigenvalue weighted by Gasteiger charge is -2.13. The molecular formula is C16H22N2O3. The number of carbonyl (C=O) groups excluding carboxylic acids is 2. The second-order valence-electron chi connectivity index (χ2n) is 5.75. The molecule has 5 nitrogen and oxygen atoms in total. The summed E-state index contributed by atoms with van der Waals surface area (Å²) in [7, 11) is 1.70. The van der Waals surface area contributed by atoms with Crippen LogP contribution in [0.1, 0.15) is 29.5 Å². The lowest BCUT2D eigenvalue weighted by Crippen LogP contribution is -2.21. The number of likely N-dealkylation sites (N-methyl/N-ethyl adjacent to an activating group) is 1. The number of hydrogen-bond acceptors (Lipinski definition) is 3. The second kappa shape index (κ2) is 6.16. The van der Waals surface area contributed by atoms with E-state index in [4.69, 9.17) is 4.74 Å². The predicted molar refractivity (Wildman–Crippen MR) is 81.4 cm³/mol. The molecule has 1 aromatic rings. The SMILES string of the molecule is Cc1cc(C)c(NC(=O)CCC2CN(C)C(=O)O2)c(C)c1. The minimum Gasteiger partial charge on any atom is -0.444 e. The van der Waals surface area contributed by atoms with Gasteiger partial charge in [-0.05, 0) is 38.3 Å². The Morgan fingerprint density at radius 3 is 2.48 bits per heavy atom. The number of benzene rings is 1. The average Bonchev–Trinajstić information content (AvgIpc) is 2.71. The lowest BCUT2D eigenvalue weighted by molar-refractivity contribution is -0.116. The van der Waals surface area contributed by atoms with Gasteiger partial charge in [-0.3, -0.25) is 4.79 Å². The first-order chi connectivity index (χ1) is 9.86. The highest BCUT2D eigenvalue weighted by atomic mass is 16.6. The van der Waals surface area contributed by atoms with E-state index < -0.39 is 0 Å². The number of amides is 2. The molecule has 0 spiro atoms. The Morgan fingerprint density at radius 2 is 1.95 bits per heavy atom. The van der Waals surface area contributed by atoms with Crippen molar-refractivity contribution in [2.75, 3.05) is 18.9 Å². The number of cyclic esters (lactones) is 1. The first-order valence-electron chi connectivity index (χ1n) is 7.16. The van der Waals surface area contributed by atoms with E-state index in [1.54, 1.807) is 7.05 Å². The number of carbonyl (C=O) groups is 2. The Kier molecular flexibility index (Phi) is 4.50. The van der Waals surface area contributed by atoms with Gasteiger partial charge in [0.15, 0.2) is 0 Å². The monoisotopic (exact) mass is 290 g/mol. The summed E-state index contributed by atoms with van der Waals surface area (Å²) in [6.07, 6.45) is 0.392. The van der Waals surface area contributed by atoms with Crippen LogP contribution in [0.25, 0.3) is 0 Å². The predicted octanol–water partition coefficient (Wildman–Crippen LogP) is 2.78. The van der Waals surface area contributed by atoms with Crippen molar-refractivity contribution in [1.29, 1.82) is 0 Å². The van der Waals surface area contributed by atoms with Gasteiger partial charge in [0, 0.05) is 19.2 Å². The molecule has 1 saturated heterocycles. The van der Waals surface area contributed by atoms with Gasteiger partial charge in [-0.1, -0.05) is 17.7 Å². The number of nitrogens with zero attached hydrogens (tertiary/aromatic N) is 1. The summed E-state index contributed by atoms with van der Waals surface area (Å²) in [4.78, 5) is 24.8. The van der Waals surface area contributed by atoms with Gasteiger partial charge in [-0.2, -0.15) is 0 Å². The molecule has 1 aliphatic heterocycles. The van der Waals surface area contributed by atoms with Crippen LogP contribution in [0.15, 0.2) is 12.1 Å². The molecule has 0 radical (unpaired) electrons. The number of hydrogen-bond donors (Lipinski definition) is 1. The Labute approximate surface area is 125 Å². The minimum atomic E-state index is -0.314. The number of ether oxygens (including phenoxy) is 1. The quantitative estimate of drug-likeness (QED) is 0.927. The van der Waals surface area contributed by atoms with E-state index in [0.717, 1.165) is 16.8 Å². The Morgan fingerprint density at radius 1 is 1.33 bits per heavy atom. The number of nitrogens with one attached hydrogen (secondary N) is 1. The van der Waals surface area contributed by atoms with E-state index in [-0.39, 0.29) is 18.1 Å². The molecule has 114 valence electrons. The third kappa shape index (κ3) is 3.74. The van der Waals surface area contributed by atoms with Gasteiger partial charge in [0.2, 0.25) is 5.91 Å². The average molecular weight is 290 g/mol. The molecule has 1 aliphatic rings. The van der Waals surface area contributed by atoms with Gasteiger partial charge in [0.1, 0.15) is 6.10 Å². The van der Waals surface area contributed by atoms with Crippen LogP contribution in [0.5, 0.6) is 0 Å². The Hall–Kier alpha value is -2.04. The second-order valence-corrected chi connectivity index (χ2v) is 5.75. The largest absolute Gasteiger partial charge is 0.444 e. The van der Waals surface area contributed by atoms with E-state index in [1.165, 1.54) is 10.5 Å². The first kappa shape index (κ1) is 15.4. The third-order valence-corrected chi connectivity index (χ3v) is 3.69. The summed E-state index contributed by atoms with van der Waals surface area (Å²) < 4.78 is 5.14. The molecule has 21 heavy (non-hydrogen) atoms. The van der Waals surface area contributed by atoms with E-state index >= 15 is 0 Å². The molecule has 0 aromatic heterocycles. The molecule has 1 heterocycles. The van der Waals surface area contributed by atoms with Crippen molar-refractivity contribution in [3.8, 4) is 0 Å². The standard InChI is InChI=1S/C16H22N2O3/c1-10-7-11(2)15(12(3)8-10)17-14(19)6-5-13-9-18(4)16(20)21-13/h7-8,13H,5-6,9H2,1-4H3,(H,17,19). The molecule has 1 fully saturated rings. The van der Waals surface area contributed by atoms with E-state index in [9.17, 15) is 9.59 Å². The smallest absolute Gasteiger partial charge is 0.409 e. The van der Waals surface area contributed by atoms with Crippen LogP contribution in [0.4, 0.5) is 10.5 Å². The van der Waals surface area contributed by atoms with Crippen LogP contribution in [0.2, 0.25) is 0 Å². The molecule has 2 rings (SSSR count). The highest BCUT2D eigenvalue weighted by molar-refractivity contribution is 5.92. The van der Waals surface area contributed by atoms with Crippen LogP contribution in [0.3, 0.4) is 0 Å². The third-order valence-electron chi connectivity index (χ3n) is 3.69. The number of aryl methyl sites for hydroxylation is 3. The van der Waals surface area contributed by atoms with Crippen LogP contribution >= 0.6 is 0 Å². The van der Waals surface area contributed by atoms with Crippen molar-refractivity contribution in [3.05, 3.63) is 28.8 Å². The van der Waals surface area contributed by atoms with Gasteiger partial charge in [0.05, 0.1) is 6.54 Å². The van der Waals surface area contributed by atoms with E-state index in [2.05, 4.69) is 17.4 Å². The Balaban J connectivity index is 1.89. The normalized spacial score (nSPS) is 17.8. The number of rotatable bonds is 4. The highest BCUT2D eigenvalue weighted by Gasteiger charge is 2.28. The fraction of sp³-hybridized carbons (Fsp3) is 0.500. The van der Waals surface area contributed by atoms with Gasteiger partial charge < -0.3 is 15.0 Å². The molecule has 0 aliphatic carbocycles. The molecule has 1 aromatic carbocycles. The van der Waals surface area contributed by atoms with Gasteiger partial charge in [-0.15, -0.1) is 0 Å². The van der Waals surface area contributed by atoms with Crippen molar-refractivity contribution >= 4 is 17.7 Å². The van der Waals surface area contributed by atoms with E-state index in [0.29, 0.717) is 19.4 Å². The Bertz CT molecular complexity index is 546. The number of anilines is 1. The van der Waals surface area contributed by atoms with E-state index in [1.807, 2.05) is 20.8 Å². The molecule has 2 amide bonds. The molecule has 0 bridgehead atoms. The van der Waals surface area contributed by atoms with Gasteiger partial charge >= 0.3 is 6.09 Å². The van der Waals surface area contributed by atoms with Crippen LogP contribution in [-0.2, 0) is 9.53 Å². The summed E-state index contributed by atoms with van der Waals surface area (Å²) in [5, 5.41) is 2.96. The van der Waals surface area contributed by atoms with Crippen molar-refractivity contribution < 1.29 is 14.3 Å². The summed E-state index contributed by atoms with van der Waals surface area (Å²) >= 11 is 0. The zero-order chi connectivity index (χ0) is 15.6. The summed E-state index contributed by atoms with van der Waals surface area (Å²) in [6, 6.07) is 4.10. The zero-order valence-corrected chi connectivity index (χ0v) is 13.0. The zero-order valence-electron chi connectivity index (χ0n) is 13.0. The fourth-order valence-corrected chi connectivity index (χ4v) is 2.67. The molecule has 1 atom stereocenters. The van der Waals surface area contributed by atoms with Crippen molar-refractivity contribution in [1.82, 2.24) is 4.90 Å². The van der Waals surface area contributed by atoms with Crippen molar-refractivity contribution in [2.24, 2.45) is 0 Å². The fourth-order valence-electron chi connectivity index (χ4n) is 2.67. The maximum absolute atomic E-state index is 12.1. The lowest BCUT2D eigenvalue weighted by atomic mass is 10.0. The van der Waals surface area contributed by atoms with Gasteiger partial charge in [0.25, 0.3) is 0 Å². The highest BCUT2D eigenvalue weighted by Crippen LogP contribution is 2.22. The maximum Gasteiger partial charge on any atom is 0.409 e. The summed E-state index contributed by atoms with van der Waals surface area (Å²) in [6.45, 7) is 6.57. The van der Waals surface area contributed by atoms with Gasteiger partial charge in [-0.25, -0.2) is 4.79 Å². The molecule has 1 N–H and O–H groups in total. The maximum atomic E-state index is 12.1. The molecule has 0 saturated carbocycles. The summed E-state index contributed by atoms with van der Waals surface area (Å²) in [5.74, 6) is -0.0457.